The van der Waals surface area contributed by atoms with Crippen molar-refractivity contribution in [1.82, 2.24) is 20.2 Å². The number of nitrogens with one attached hydrogen (secondary N) is 3. The molecule has 0 unspecified atom stereocenters. The number of benzene rings is 2. The predicted octanol–water partition coefficient (Wildman–Crippen LogP) is 9.73. The maximum atomic E-state index is 12.4. The van der Waals surface area contributed by atoms with Gasteiger partial charge in [0.2, 0.25) is 0 Å². The number of likely N-dealkylation sites (tertiary alicyclic amines) is 1. The minimum Gasteiger partial charge on any atom is -0.379 e. The normalized spacial score (nSPS) is 17.8. The standard InChI is InChI=1S/C20H23N3O.C14H18N2O.C6H6ClN.C2H6S.2CH4/c24-19-7-8-20(22-18-6-2-1-5-17(18)19)9-12-23(13-10-20)15-16-4-3-11-21-14-16;17-13-5-6-14(7-9-15-10-8-14)16-12-4-2-1-3-11(12)13;7-4-6-2-1-3-8-5-6;1-2-3;;/h1-6,11,14,22H,7-10,12-13,15H2;1-4,15-16H,5-10H2;1-3,5H,4H2;3H,2H2,1H3;2*1H4. The molecule has 6 heterocycles. The lowest BCUT2D eigenvalue weighted by atomic mass is 9.83. The Morgan fingerprint density at radius 1 is 0.685 bits per heavy atom. The number of halogens is 1. The second kappa shape index (κ2) is 22.6. The third kappa shape index (κ3) is 12.7. The van der Waals surface area contributed by atoms with E-state index in [4.69, 9.17) is 11.6 Å². The number of carbonyl (C=O) groups excluding carboxylic acids is 2. The fraction of sp³-hybridized carbons (Fsp3) is 0.455. The van der Waals surface area contributed by atoms with Crippen molar-refractivity contribution in [3.8, 4) is 0 Å². The van der Waals surface area contributed by atoms with Crippen LogP contribution in [0.2, 0.25) is 0 Å². The largest absolute Gasteiger partial charge is 0.379 e. The molecule has 2 fully saturated rings. The number of thiol groups is 1. The minimum absolute atomic E-state index is 0. The number of hydrogen-bond donors (Lipinski definition) is 4. The Kier molecular flexibility index (Phi) is 18.7. The summed E-state index contributed by atoms with van der Waals surface area (Å²) in [6, 6.07) is 23.8. The Bertz CT molecular complexity index is 1700. The third-order valence-corrected chi connectivity index (χ3v) is 10.6. The highest BCUT2D eigenvalue weighted by Crippen LogP contribution is 2.37. The van der Waals surface area contributed by atoms with Gasteiger partial charge in [-0.05, 0) is 105 Å². The summed E-state index contributed by atoms with van der Waals surface area (Å²) in [6.45, 7) is 7.14. The summed E-state index contributed by atoms with van der Waals surface area (Å²) in [5, 5.41) is 10.8. The topological polar surface area (TPSA) is 99.2 Å². The van der Waals surface area contributed by atoms with Crippen molar-refractivity contribution in [2.75, 3.05) is 42.6 Å². The van der Waals surface area contributed by atoms with Gasteiger partial charge in [0.1, 0.15) is 0 Å². The molecule has 8 nitrogen and oxygen atoms in total. The number of hydrogen-bond acceptors (Lipinski definition) is 9. The fourth-order valence-electron chi connectivity index (χ4n) is 7.36. The SMILES string of the molecule is C.C.CCS.ClCc1cccnc1.O=C1CCC2(CCN(Cc3cccnc3)CC2)Nc2ccccc21.O=C1CCC2(CCNCC2)Nc2ccccc21. The van der Waals surface area contributed by atoms with E-state index >= 15 is 0 Å². The fourth-order valence-corrected chi connectivity index (χ4v) is 7.52. The Balaban J connectivity index is 0.000000228. The first-order valence-corrected chi connectivity index (χ1v) is 19.7. The smallest absolute Gasteiger partial charge is 0.165 e. The van der Waals surface area contributed by atoms with Gasteiger partial charge in [0.15, 0.2) is 11.6 Å². The van der Waals surface area contributed by atoms with Gasteiger partial charge < -0.3 is 16.0 Å². The summed E-state index contributed by atoms with van der Waals surface area (Å²) >= 11 is 9.28. The quantitative estimate of drug-likeness (QED) is 0.121. The number of carbonyl (C=O) groups is 2. The van der Waals surface area contributed by atoms with E-state index in [0.717, 1.165) is 105 Å². The van der Waals surface area contributed by atoms with E-state index in [2.05, 4.69) is 49.5 Å². The van der Waals surface area contributed by atoms with Crippen molar-refractivity contribution in [3.63, 3.8) is 0 Å². The molecule has 4 aliphatic rings. The number of aromatic nitrogens is 2. The van der Waals surface area contributed by atoms with Crippen LogP contribution in [-0.4, -0.2) is 69.4 Å². The average molecular weight is 774 g/mol. The molecule has 2 saturated heterocycles. The number of Topliss-reactive ketones (excluding diaryl/α,β-unsaturated/α-hetero) is 2. The van der Waals surface area contributed by atoms with Crippen LogP contribution in [0.3, 0.4) is 0 Å². The molecule has 2 aromatic heterocycles. The van der Waals surface area contributed by atoms with Crippen LogP contribution in [0.5, 0.6) is 0 Å². The summed E-state index contributed by atoms with van der Waals surface area (Å²) in [5.41, 5.74) is 6.28. The zero-order valence-electron chi connectivity index (χ0n) is 30.3. The lowest BCUT2D eigenvalue weighted by Crippen LogP contribution is -2.48. The van der Waals surface area contributed by atoms with E-state index in [1.165, 1.54) is 5.56 Å². The number of piperidine rings is 2. The van der Waals surface area contributed by atoms with Crippen LogP contribution in [0, 0.1) is 0 Å². The molecular formula is C44H61ClN6O2S. The summed E-state index contributed by atoms with van der Waals surface area (Å²) in [5.74, 6) is 2.05. The molecule has 2 spiro atoms. The second-order valence-electron chi connectivity index (χ2n) is 13.9. The van der Waals surface area contributed by atoms with Gasteiger partial charge in [-0.1, -0.05) is 58.2 Å². The second-order valence-corrected chi connectivity index (χ2v) is 14.8. The van der Waals surface area contributed by atoms with Crippen molar-refractivity contribution >= 4 is 47.2 Å². The van der Waals surface area contributed by atoms with Gasteiger partial charge in [0.05, 0.1) is 0 Å². The summed E-state index contributed by atoms with van der Waals surface area (Å²) in [7, 11) is 0. The Labute approximate surface area is 334 Å². The molecule has 0 amide bonds. The number of rotatable bonds is 3. The minimum atomic E-state index is 0. The molecule has 8 rings (SSSR count). The van der Waals surface area contributed by atoms with Crippen molar-refractivity contribution < 1.29 is 9.59 Å². The monoisotopic (exact) mass is 772 g/mol. The number of fused-ring (bicyclic) bond motifs is 2. The van der Waals surface area contributed by atoms with E-state index < -0.39 is 0 Å². The molecule has 4 aromatic rings. The van der Waals surface area contributed by atoms with Gasteiger partial charge in [-0.25, -0.2) is 0 Å². The molecule has 0 aliphatic carbocycles. The van der Waals surface area contributed by atoms with Crippen LogP contribution in [-0.2, 0) is 12.4 Å². The van der Waals surface area contributed by atoms with Crippen LogP contribution >= 0.6 is 24.2 Å². The number of para-hydroxylation sites is 2. The predicted molar refractivity (Wildman–Crippen MR) is 230 cm³/mol. The van der Waals surface area contributed by atoms with Crippen molar-refractivity contribution in [1.29, 1.82) is 0 Å². The highest BCUT2D eigenvalue weighted by Gasteiger charge is 2.38. The molecular weight excluding hydrogens is 712 g/mol. The molecule has 0 atom stereocenters. The van der Waals surface area contributed by atoms with Crippen molar-refractivity contribution in [3.05, 3.63) is 120 Å². The number of alkyl halides is 1. The Hall–Kier alpha value is -3.76. The van der Waals surface area contributed by atoms with Crippen LogP contribution in [0.15, 0.2) is 97.6 Å². The molecule has 0 saturated carbocycles. The first kappa shape index (κ1) is 44.6. The van der Waals surface area contributed by atoms with Crippen LogP contribution in [0.1, 0.15) is 105 Å². The number of ketones is 2. The van der Waals surface area contributed by atoms with E-state index in [9.17, 15) is 9.59 Å². The molecule has 3 N–H and O–H groups in total. The molecule has 10 heteroatoms. The lowest BCUT2D eigenvalue weighted by Gasteiger charge is -2.42. The zero-order chi connectivity index (χ0) is 36.7. The van der Waals surface area contributed by atoms with Crippen molar-refractivity contribution in [2.24, 2.45) is 0 Å². The number of pyridine rings is 2. The first-order valence-electron chi connectivity index (χ1n) is 18.6. The average Bonchev–Trinajstić information content (AvgIpc) is 3.41. The molecule has 54 heavy (non-hydrogen) atoms. The Morgan fingerprint density at radius 2 is 1.15 bits per heavy atom. The third-order valence-electron chi connectivity index (χ3n) is 10.3. The summed E-state index contributed by atoms with van der Waals surface area (Å²) in [4.78, 5) is 35.0. The number of nitrogens with zero attached hydrogens (tertiary/aromatic N) is 3. The van der Waals surface area contributed by atoms with E-state index in [-0.39, 0.29) is 37.5 Å². The Morgan fingerprint density at radius 3 is 1.59 bits per heavy atom. The zero-order valence-corrected chi connectivity index (χ0v) is 32.0. The van der Waals surface area contributed by atoms with Gasteiger partial charge in [0.25, 0.3) is 0 Å². The molecule has 4 aliphatic heterocycles. The summed E-state index contributed by atoms with van der Waals surface area (Å²) < 4.78 is 0. The van der Waals surface area contributed by atoms with Gasteiger partial charge in [-0.3, -0.25) is 24.5 Å². The van der Waals surface area contributed by atoms with Crippen LogP contribution in [0.4, 0.5) is 11.4 Å². The lowest BCUT2D eigenvalue weighted by molar-refractivity contribution is 0.0960. The number of anilines is 2. The van der Waals surface area contributed by atoms with Crippen LogP contribution in [0.25, 0.3) is 0 Å². The first-order chi connectivity index (χ1) is 25.4. The van der Waals surface area contributed by atoms with Crippen molar-refractivity contribution in [2.45, 2.75) is 96.6 Å². The molecule has 0 radical (unpaired) electrons. The van der Waals surface area contributed by atoms with E-state index in [0.29, 0.717) is 18.7 Å². The maximum absolute atomic E-state index is 12.4. The summed E-state index contributed by atoms with van der Waals surface area (Å²) in [6.07, 6.45) is 14.8. The van der Waals surface area contributed by atoms with E-state index in [1.54, 1.807) is 12.4 Å². The molecule has 292 valence electrons. The van der Waals surface area contributed by atoms with Gasteiger partial charge in [-0.15, -0.1) is 11.6 Å². The van der Waals surface area contributed by atoms with Gasteiger partial charge >= 0.3 is 0 Å². The van der Waals surface area contributed by atoms with Crippen LogP contribution < -0.4 is 16.0 Å². The molecule has 0 bridgehead atoms. The maximum Gasteiger partial charge on any atom is 0.165 e. The highest BCUT2D eigenvalue weighted by atomic mass is 35.5. The molecule has 2 aromatic carbocycles. The van der Waals surface area contributed by atoms with Gasteiger partial charge in [0, 0.05) is 96.7 Å². The van der Waals surface area contributed by atoms with Gasteiger partial charge in [-0.2, -0.15) is 12.6 Å². The van der Waals surface area contributed by atoms with E-state index in [1.807, 2.05) is 86.0 Å². The highest BCUT2D eigenvalue weighted by molar-refractivity contribution is 7.80.